The molecule has 1 aromatic carbocycles. The van der Waals surface area contributed by atoms with Crippen LogP contribution >= 0.6 is 0 Å². The van der Waals surface area contributed by atoms with Crippen molar-refractivity contribution in [3.05, 3.63) is 34.1 Å². The van der Waals surface area contributed by atoms with Gasteiger partial charge < -0.3 is 5.32 Å². The molecule has 1 aliphatic rings. The van der Waals surface area contributed by atoms with Crippen molar-refractivity contribution in [2.24, 2.45) is 0 Å². The first kappa shape index (κ1) is 14.2. The van der Waals surface area contributed by atoms with Gasteiger partial charge in [0.2, 0.25) is 0 Å². The Balaban J connectivity index is 2.05. The number of carbonyl (C=O) groups is 1. The van der Waals surface area contributed by atoms with E-state index in [1.807, 2.05) is 0 Å². The summed E-state index contributed by atoms with van der Waals surface area (Å²) < 4.78 is 13.6. The van der Waals surface area contributed by atoms with Crippen molar-refractivity contribution in [3.8, 4) is 0 Å². The Hall–Kier alpha value is -2.18. The molecule has 0 bridgehead atoms. The van der Waals surface area contributed by atoms with Crippen LogP contribution in [-0.4, -0.2) is 17.0 Å². The molecule has 0 spiro atoms. The Morgan fingerprint density at radius 2 is 2.00 bits per heavy atom. The van der Waals surface area contributed by atoms with Gasteiger partial charge in [0.1, 0.15) is 0 Å². The molecule has 7 heteroatoms. The molecule has 0 aromatic heterocycles. The number of nitrogens with one attached hydrogen (secondary N) is 2. The molecule has 1 saturated carbocycles. The van der Waals surface area contributed by atoms with E-state index in [2.05, 4.69) is 10.6 Å². The standard InChI is InChI=1S/C13H16FN3O3/c14-10-7-4-8-11(17(19)20)12(10)16-13(18)15-9-5-2-1-3-6-9/h4,7-9H,1-3,5-6H2,(H2,15,16,18). The van der Waals surface area contributed by atoms with E-state index >= 15 is 0 Å². The van der Waals surface area contributed by atoms with Gasteiger partial charge in [0, 0.05) is 12.1 Å². The molecule has 20 heavy (non-hydrogen) atoms. The Morgan fingerprint density at radius 3 is 2.65 bits per heavy atom. The highest BCUT2D eigenvalue weighted by Gasteiger charge is 2.21. The smallest absolute Gasteiger partial charge is 0.319 e. The summed E-state index contributed by atoms with van der Waals surface area (Å²) in [7, 11) is 0. The number of para-hydroxylation sites is 1. The van der Waals surface area contributed by atoms with Crippen LogP contribution in [0.5, 0.6) is 0 Å². The minimum absolute atomic E-state index is 0.0505. The van der Waals surface area contributed by atoms with E-state index in [0.717, 1.165) is 44.2 Å². The van der Waals surface area contributed by atoms with Crippen LogP contribution in [0, 0.1) is 15.9 Å². The molecule has 0 saturated heterocycles. The summed E-state index contributed by atoms with van der Waals surface area (Å²) in [6.45, 7) is 0. The summed E-state index contributed by atoms with van der Waals surface area (Å²) in [4.78, 5) is 21.9. The lowest BCUT2D eigenvalue weighted by Gasteiger charge is -2.22. The number of anilines is 1. The molecule has 2 rings (SSSR count). The van der Waals surface area contributed by atoms with Crippen LogP contribution in [0.3, 0.4) is 0 Å². The maximum absolute atomic E-state index is 13.6. The lowest BCUT2D eigenvalue weighted by atomic mass is 9.96. The van der Waals surface area contributed by atoms with Gasteiger partial charge in [0.25, 0.3) is 5.69 Å². The number of carbonyl (C=O) groups excluding carboxylic acids is 1. The second kappa shape index (κ2) is 6.31. The quantitative estimate of drug-likeness (QED) is 0.659. The molecular formula is C13H16FN3O3. The molecule has 0 heterocycles. The summed E-state index contributed by atoms with van der Waals surface area (Å²) in [5.41, 5.74) is -0.852. The van der Waals surface area contributed by atoms with Crippen molar-refractivity contribution >= 4 is 17.4 Å². The van der Waals surface area contributed by atoms with Crippen LogP contribution in [0.4, 0.5) is 20.6 Å². The second-order valence-electron chi connectivity index (χ2n) is 4.82. The fourth-order valence-electron chi connectivity index (χ4n) is 2.37. The van der Waals surface area contributed by atoms with E-state index in [-0.39, 0.29) is 6.04 Å². The number of hydrogen-bond acceptors (Lipinski definition) is 3. The molecular weight excluding hydrogens is 265 g/mol. The van der Waals surface area contributed by atoms with Crippen molar-refractivity contribution < 1.29 is 14.1 Å². The van der Waals surface area contributed by atoms with Gasteiger partial charge in [-0.1, -0.05) is 25.3 Å². The lowest BCUT2D eigenvalue weighted by molar-refractivity contribution is -0.384. The first-order chi connectivity index (χ1) is 9.58. The average Bonchev–Trinajstić information content (AvgIpc) is 2.42. The third kappa shape index (κ3) is 3.43. The predicted octanol–water partition coefficient (Wildman–Crippen LogP) is 3.19. The van der Waals surface area contributed by atoms with Crippen LogP contribution in [0.2, 0.25) is 0 Å². The summed E-state index contributed by atoms with van der Waals surface area (Å²) in [6, 6.07) is 2.90. The van der Waals surface area contributed by atoms with E-state index in [9.17, 15) is 19.3 Å². The van der Waals surface area contributed by atoms with Crippen molar-refractivity contribution in [3.63, 3.8) is 0 Å². The highest BCUT2D eigenvalue weighted by atomic mass is 19.1. The SMILES string of the molecule is O=C(Nc1c(F)cccc1[N+](=O)[O-])NC1CCCCC1. The number of urea groups is 1. The van der Waals surface area contributed by atoms with Gasteiger partial charge in [-0.3, -0.25) is 15.4 Å². The van der Waals surface area contributed by atoms with Crippen LogP contribution < -0.4 is 10.6 Å². The predicted molar refractivity (Wildman–Crippen MR) is 72.1 cm³/mol. The van der Waals surface area contributed by atoms with Gasteiger partial charge in [-0.2, -0.15) is 0 Å². The number of rotatable bonds is 3. The van der Waals surface area contributed by atoms with Gasteiger partial charge >= 0.3 is 6.03 Å². The fraction of sp³-hybridized carbons (Fsp3) is 0.462. The molecule has 1 aromatic rings. The Morgan fingerprint density at radius 1 is 1.30 bits per heavy atom. The van der Waals surface area contributed by atoms with E-state index < -0.39 is 28.1 Å². The Labute approximate surface area is 115 Å². The van der Waals surface area contributed by atoms with E-state index in [4.69, 9.17) is 0 Å². The molecule has 2 N–H and O–H groups in total. The molecule has 0 unspecified atom stereocenters. The van der Waals surface area contributed by atoms with Crippen LogP contribution in [-0.2, 0) is 0 Å². The average molecular weight is 281 g/mol. The molecule has 0 radical (unpaired) electrons. The molecule has 6 nitrogen and oxygen atoms in total. The molecule has 108 valence electrons. The molecule has 1 aliphatic carbocycles. The first-order valence-electron chi connectivity index (χ1n) is 6.58. The largest absolute Gasteiger partial charge is 0.335 e. The normalized spacial score (nSPS) is 15.7. The number of halogens is 1. The van der Waals surface area contributed by atoms with Gasteiger partial charge in [-0.15, -0.1) is 0 Å². The Kier molecular flexibility index (Phi) is 4.49. The molecule has 0 aliphatic heterocycles. The third-order valence-corrected chi connectivity index (χ3v) is 3.37. The van der Waals surface area contributed by atoms with E-state index in [1.54, 1.807) is 0 Å². The van der Waals surface area contributed by atoms with Gasteiger partial charge in [0.05, 0.1) is 4.92 Å². The monoisotopic (exact) mass is 281 g/mol. The van der Waals surface area contributed by atoms with Crippen molar-refractivity contribution in [1.82, 2.24) is 5.32 Å². The zero-order valence-corrected chi connectivity index (χ0v) is 10.9. The molecule has 0 atom stereocenters. The number of amides is 2. The summed E-state index contributed by atoms with van der Waals surface area (Å²) >= 11 is 0. The van der Waals surface area contributed by atoms with Crippen molar-refractivity contribution in [2.45, 2.75) is 38.1 Å². The zero-order valence-electron chi connectivity index (χ0n) is 10.9. The highest BCUT2D eigenvalue weighted by molar-refractivity contribution is 5.92. The summed E-state index contributed by atoms with van der Waals surface area (Å²) in [6.07, 6.45) is 5.01. The topological polar surface area (TPSA) is 84.3 Å². The van der Waals surface area contributed by atoms with Crippen molar-refractivity contribution in [1.29, 1.82) is 0 Å². The number of nitrogens with zero attached hydrogens (tertiary/aromatic N) is 1. The fourth-order valence-corrected chi connectivity index (χ4v) is 2.37. The number of nitro groups is 1. The van der Waals surface area contributed by atoms with Crippen LogP contribution in [0.1, 0.15) is 32.1 Å². The number of hydrogen-bond donors (Lipinski definition) is 2. The van der Waals surface area contributed by atoms with Gasteiger partial charge in [-0.05, 0) is 18.9 Å². The van der Waals surface area contributed by atoms with Crippen LogP contribution in [0.25, 0.3) is 0 Å². The summed E-state index contributed by atoms with van der Waals surface area (Å²) in [5, 5.41) is 15.8. The molecule has 2 amide bonds. The summed E-state index contributed by atoms with van der Waals surface area (Å²) in [5.74, 6) is -0.821. The minimum Gasteiger partial charge on any atom is -0.335 e. The van der Waals surface area contributed by atoms with Gasteiger partial charge in [0.15, 0.2) is 11.5 Å². The maximum atomic E-state index is 13.6. The lowest BCUT2D eigenvalue weighted by Crippen LogP contribution is -2.39. The minimum atomic E-state index is -0.821. The zero-order chi connectivity index (χ0) is 14.5. The van der Waals surface area contributed by atoms with E-state index in [1.165, 1.54) is 6.07 Å². The first-order valence-corrected chi connectivity index (χ1v) is 6.58. The highest BCUT2D eigenvalue weighted by Crippen LogP contribution is 2.27. The van der Waals surface area contributed by atoms with E-state index in [0.29, 0.717) is 0 Å². The number of benzene rings is 1. The maximum Gasteiger partial charge on any atom is 0.319 e. The third-order valence-electron chi connectivity index (χ3n) is 3.37. The van der Waals surface area contributed by atoms with Crippen molar-refractivity contribution in [2.75, 3.05) is 5.32 Å². The second-order valence-corrected chi connectivity index (χ2v) is 4.82. The molecule has 1 fully saturated rings. The Bertz CT molecular complexity index is 516. The van der Waals surface area contributed by atoms with Gasteiger partial charge in [-0.25, -0.2) is 9.18 Å². The number of nitro benzene ring substituents is 1. The van der Waals surface area contributed by atoms with Crippen LogP contribution in [0.15, 0.2) is 18.2 Å².